The van der Waals surface area contributed by atoms with Gasteiger partial charge in [-0.1, -0.05) is 0 Å². The molecule has 0 bridgehead atoms. The molecular weight excluding hydrogens is 237 g/mol. The topological polar surface area (TPSA) is 75.1 Å². The molecule has 5 nitrogen and oxygen atoms in total. The van der Waals surface area contributed by atoms with Crippen LogP contribution in [0.2, 0.25) is 0 Å². The second kappa shape index (κ2) is 4.79. The molecule has 0 aliphatic rings. The molecular formula is C12H10FN3O2. The van der Waals surface area contributed by atoms with Gasteiger partial charge in [-0.3, -0.25) is 0 Å². The summed E-state index contributed by atoms with van der Waals surface area (Å²) in [5, 5.41) is 11.6. The molecule has 18 heavy (non-hydrogen) atoms. The molecule has 0 fully saturated rings. The first-order valence-corrected chi connectivity index (χ1v) is 5.15. The van der Waals surface area contributed by atoms with E-state index in [1.54, 1.807) is 19.1 Å². The van der Waals surface area contributed by atoms with Crippen molar-refractivity contribution in [1.82, 2.24) is 9.97 Å². The van der Waals surface area contributed by atoms with E-state index in [0.717, 1.165) is 6.20 Å². The Hall–Kier alpha value is -2.50. The molecule has 92 valence electrons. The predicted molar refractivity (Wildman–Crippen MR) is 63.4 cm³/mol. The van der Waals surface area contributed by atoms with Crippen molar-refractivity contribution >= 4 is 17.5 Å². The number of aromatic nitrogens is 2. The molecule has 0 atom stereocenters. The second-order valence-corrected chi connectivity index (χ2v) is 3.68. The third-order valence-electron chi connectivity index (χ3n) is 2.30. The molecule has 0 radical (unpaired) electrons. The first kappa shape index (κ1) is 12.0. The number of carbonyl (C=O) groups is 1. The van der Waals surface area contributed by atoms with Gasteiger partial charge in [0.25, 0.3) is 0 Å². The zero-order valence-electron chi connectivity index (χ0n) is 9.51. The highest BCUT2D eigenvalue weighted by atomic mass is 19.1. The number of halogens is 1. The van der Waals surface area contributed by atoms with Gasteiger partial charge < -0.3 is 10.4 Å². The predicted octanol–water partition coefficient (Wildman–Crippen LogP) is 2.37. The minimum atomic E-state index is -1.13. The minimum absolute atomic E-state index is 0.129. The summed E-state index contributed by atoms with van der Waals surface area (Å²) in [6.07, 6.45) is 2.46. The van der Waals surface area contributed by atoms with Gasteiger partial charge in [0.15, 0.2) is 5.69 Å². The van der Waals surface area contributed by atoms with Gasteiger partial charge >= 0.3 is 5.97 Å². The van der Waals surface area contributed by atoms with E-state index in [4.69, 9.17) is 5.11 Å². The van der Waals surface area contributed by atoms with Crippen LogP contribution in [0.4, 0.5) is 15.9 Å². The Bertz CT molecular complexity index is 584. The third-order valence-corrected chi connectivity index (χ3v) is 2.30. The van der Waals surface area contributed by atoms with Gasteiger partial charge in [-0.15, -0.1) is 0 Å². The van der Waals surface area contributed by atoms with Crippen LogP contribution in [-0.4, -0.2) is 21.0 Å². The molecule has 2 rings (SSSR count). The molecule has 0 unspecified atom stereocenters. The normalized spacial score (nSPS) is 10.1. The van der Waals surface area contributed by atoms with Crippen molar-refractivity contribution < 1.29 is 14.3 Å². The lowest BCUT2D eigenvalue weighted by Crippen LogP contribution is -2.02. The van der Waals surface area contributed by atoms with Gasteiger partial charge in [-0.05, 0) is 30.7 Å². The second-order valence-electron chi connectivity index (χ2n) is 3.68. The fourth-order valence-electron chi connectivity index (χ4n) is 1.37. The molecule has 1 aromatic carbocycles. The van der Waals surface area contributed by atoms with E-state index in [2.05, 4.69) is 15.3 Å². The van der Waals surface area contributed by atoms with Gasteiger partial charge in [-0.25, -0.2) is 19.2 Å². The van der Waals surface area contributed by atoms with Gasteiger partial charge in [0.05, 0.1) is 12.4 Å². The van der Waals surface area contributed by atoms with Crippen molar-refractivity contribution in [2.45, 2.75) is 6.92 Å². The Labute approximate surface area is 102 Å². The highest BCUT2D eigenvalue weighted by molar-refractivity contribution is 5.85. The van der Waals surface area contributed by atoms with Gasteiger partial charge in [0.2, 0.25) is 0 Å². The van der Waals surface area contributed by atoms with Crippen LogP contribution in [0.5, 0.6) is 0 Å². The monoisotopic (exact) mass is 247 g/mol. The first-order chi connectivity index (χ1) is 8.56. The molecule has 0 spiro atoms. The summed E-state index contributed by atoms with van der Waals surface area (Å²) in [6.45, 7) is 1.65. The third kappa shape index (κ3) is 2.60. The van der Waals surface area contributed by atoms with Crippen LogP contribution in [0, 0.1) is 12.7 Å². The van der Waals surface area contributed by atoms with Crippen molar-refractivity contribution in [2.24, 2.45) is 0 Å². The highest BCUT2D eigenvalue weighted by Gasteiger charge is 2.05. The lowest BCUT2D eigenvalue weighted by atomic mass is 10.2. The number of benzene rings is 1. The van der Waals surface area contributed by atoms with Crippen LogP contribution in [0.15, 0.2) is 30.6 Å². The summed E-state index contributed by atoms with van der Waals surface area (Å²) in [5.74, 6) is -1.02. The maximum absolute atomic E-state index is 13.1. The van der Waals surface area contributed by atoms with Crippen molar-refractivity contribution in [2.75, 3.05) is 5.32 Å². The smallest absolute Gasteiger partial charge is 0.356 e. The standard InChI is InChI=1S/C12H10FN3O2/c1-7-4-8(2-3-9(7)13)16-11-6-14-10(5-15-11)12(17)18/h2-6H,1H3,(H,15,16)(H,17,18). The van der Waals surface area contributed by atoms with Crippen LogP contribution in [0.1, 0.15) is 16.1 Å². The number of hydrogen-bond acceptors (Lipinski definition) is 4. The van der Waals surface area contributed by atoms with Gasteiger partial charge in [0.1, 0.15) is 11.6 Å². The summed E-state index contributed by atoms with van der Waals surface area (Å²) in [7, 11) is 0. The maximum Gasteiger partial charge on any atom is 0.356 e. The van der Waals surface area contributed by atoms with E-state index < -0.39 is 5.97 Å². The summed E-state index contributed by atoms with van der Waals surface area (Å²) in [5.41, 5.74) is 1.04. The quantitative estimate of drug-likeness (QED) is 0.870. The zero-order chi connectivity index (χ0) is 13.1. The van der Waals surface area contributed by atoms with Crippen molar-refractivity contribution in [3.8, 4) is 0 Å². The minimum Gasteiger partial charge on any atom is -0.476 e. The van der Waals surface area contributed by atoms with Gasteiger partial charge in [0, 0.05) is 5.69 Å². The molecule has 2 aromatic rings. The summed E-state index contributed by atoms with van der Waals surface area (Å²) < 4.78 is 13.1. The Balaban J connectivity index is 2.18. The zero-order valence-corrected chi connectivity index (χ0v) is 9.51. The maximum atomic E-state index is 13.1. The number of aryl methyl sites for hydroxylation is 1. The fourth-order valence-corrected chi connectivity index (χ4v) is 1.37. The Morgan fingerprint density at radius 3 is 2.67 bits per heavy atom. The first-order valence-electron chi connectivity index (χ1n) is 5.15. The van der Waals surface area contributed by atoms with Crippen molar-refractivity contribution in [1.29, 1.82) is 0 Å². The Morgan fingerprint density at radius 1 is 1.33 bits per heavy atom. The van der Waals surface area contributed by atoms with Crippen molar-refractivity contribution in [3.05, 3.63) is 47.7 Å². The fraction of sp³-hybridized carbons (Fsp3) is 0.0833. The number of carboxylic acid groups (broad SMARTS) is 1. The van der Waals surface area contributed by atoms with Crippen molar-refractivity contribution in [3.63, 3.8) is 0 Å². The molecule has 0 amide bonds. The number of carboxylic acids is 1. The number of nitrogens with zero attached hydrogens (tertiary/aromatic N) is 2. The van der Waals surface area contributed by atoms with E-state index in [9.17, 15) is 9.18 Å². The molecule has 0 aliphatic heterocycles. The number of aromatic carboxylic acids is 1. The lowest BCUT2D eigenvalue weighted by Gasteiger charge is -2.06. The van der Waals surface area contributed by atoms with Crippen LogP contribution >= 0.6 is 0 Å². The highest BCUT2D eigenvalue weighted by Crippen LogP contribution is 2.17. The lowest BCUT2D eigenvalue weighted by molar-refractivity contribution is 0.0690. The Kier molecular flexibility index (Phi) is 3.18. The van der Waals surface area contributed by atoms with Gasteiger partial charge in [-0.2, -0.15) is 0 Å². The largest absolute Gasteiger partial charge is 0.476 e. The number of rotatable bonds is 3. The molecule has 1 aromatic heterocycles. The molecule has 6 heteroatoms. The van der Waals surface area contributed by atoms with E-state index in [1.807, 2.05) is 0 Å². The summed E-state index contributed by atoms with van der Waals surface area (Å²) in [6, 6.07) is 4.54. The SMILES string of the molecule is Cc1cc(Nc2cnc(C(=O)O)cn2)ccc1F. The Morgan fingerprint density at radius 2 is 2.11 bits per heavy atom. The van der Waals surface area contributed by atoms with E-state index >= 15 is 0 Å². The van der Waals surface area contributed by atoms with Crippen LogP contribution < -0.4 is 5.32 Å². The average molecular weight is 247 g/mol. The summed E-state index contributed by atoms with van der Waals surface area (Å²) in [4.78, 5) is 18.2. The number of hydrogen-bond donors (Lipinski definition) is 2. The van der Waals surface area contributed by atoms with Crippen LogP contribution in [-0.2, 0) is 0 Å². The number of anilines is 2. The van der Waals surface area contributed by atoms with Crippen LogP contribution in [0.3, 0.4) is 0 Å². The van der Waals surface area contributed by atoms with E-state index in [1.165, 1.54) is 12.3 Å². The molecule has 0 saturated carbocycles. The molecule has 0 aliphatic carbocycles. The molecule has 0 saturated heterocycles. The van der Waals surface area contributed by atoms with E-state index in [-0.39, 0.29) is 11.5 Å². The summed E-state index contributed by atoms with van der Waals surface area (Å²) >= 11 is 0. The average Bonchev–Trinajstić information content (AvgIpc) is 2.34. The van der Waals surface area contributed by atoms with Crippen LogP contribution in [0.25, 0.3) is 0 Å². The molecule has 2 N–H and O–H groups in total. The number of nitrogens with one attached hydrogen (secondary N) is 1. The molecule has 1 heterocycles. The van der Waals surface area contributed by atoms with E-state index in [0.29, 0.717) is 17.1 Å².